The average molecular weight is 320 g/mol. The van der Waals surface area contributed by atoms with Crippen molar-refractivity contribution in [1.29, 1.82) is 0 Å². The third-order valence-corrected chi connectivity index (χ3v) is 3.41. The molecule has 1 aromatic carbocycles. The van der Waals surface area contributed by atoms with Gasteiger partial charge >= 0.3 is 0 Å². The van der Waals surface area contributed by atoms with Gasteiger partial charge in [0.05, 0.1) is 0 Å². The molecule has 2 rings (SSSR count). The van der Waals surface area contributed by atoms with Crippen LogP contribution in [0.4, 0.5) is 5.82 Å². The highest BCUT2D eigenvalue weighted by molar-refractivity contribution is 9.10. The van der Waals surface area contributed by atoms with E-state index < -0.39 is 0 Å². The molecule has 0 bridgehead atoms. The van der Waals surface area contributed by atoms with Gasteiger partial charge in [0.25, 0.3) is 5.91 Å². The number of aromatic nitrogens is 1. The lowest BCUT2D eigenvalue weighted by molar-refractivity contribution is 0.0946. The summed E-state index contributed by atoms with van der Waals surface area (Å²) in [7, 11) is 1.77. The Bertz CT molecular complexity index is 586. The second-order valence-electron chi connectivity index (χ2n) is 3.93. The van der Waals surface area contributed by atoms with Gasteiger partial charge in [-0.3, -0.25) is 4.79 Å². The van der Waals surface area contributed by atoms with E-state index in [1.807, 2.05) is 30.3 Å². The van der Waals surface area contributed by atoms with Crippen LogP contribution in [0.2, 0.25) is 0 Å². The Balaban J connectivity index is 2.03. The fraction of sp³-hybridized carbons (Fsp3) is 0.143. The number of rotatable bonds is 4. The predicted molar refractivity (Wildman–Crippen MR) is 79.1 cm³/mol. The topological polar surface area (TPSA) is 54.0 Å². The van der Waals surface area contributed by atoms with Crippen LogP contribution in [0.15, 0.2) is 46.9 Å². The Morgan fingerprint density at radius 1 is 1.21 bits per heavy atom. The number of nitrogens with one attached hydrogen (secondary N) is 2. The molecule has 1 aromatic heterocycles. The number of benzene rings is 1. The second-order valence-corrected chi connectivity index (χ2v) is 4.79. The van der Waals surface area contributed by atoms with Gasteiger partial charge in [-0.05, 0) is 23.8 Å². The summed E-state index contributed by atoms with van der Waals surface area (Å²) in [5, 5.41) is 5.75. The zero-order valence-electron chi connectivity index (χ0n) is 10.5. The van der Waals surface area contributed by atoms with Crippen LogP contribution in [-0.4, -0.2) is 17.9 Å². The van der Waals surface area contributed by atoms with E-state index in [-0.39, 0.29) is 5.91 Å². The van der Waals surface area contributed by atoms with E-state index in [1.54, 1.807) is 19.2 Å². The third kappa shape index (κ3) is 3.54. The lowest BCUT2D eigenvalue weighted by atomic mass is 10.2. The van der Waals surface area contributed by atoms with Gasteiger partial charge in [-0.15, -0.1) is 0 Å². The van der Waals surface area contributed by atoms with E-state index >= 15 is 0 Å². The maximum absolute atomic E-state index is 12.0. The van der Waals surface area contributed by atoms with Gasteiger partial charge in [-0.2, -0.15) is 0 Å². The molecule has 98 valence electrons. The van der Waals surface area contributed by atoms with E-state index in [4.69, 9.17) is 0 Å². The normalized spacial score (nSPS) is 10.0. The van der Waals surface area contributed by atoms with Gasteiger partial charge in [0.1, 0.15) is 11.5 Å². The summed E-state index contributed by atoms with van der Waals surface area (Å²) in [6.07, 6.45) is 0. The molecular weight excluding hydrogens is 306 g/mol. The van der Waals surface area contributed by atoms with Crippen LogP contribution >= 0.6 is 15.9 Å². The zero-order valence-corrected chi connectivity index (χ0v) is 12.1. The average Bonchev–Trinajstić information content (AvgIpc) is 2.46. The number of hydrogen-bond donors (Lipinski definition) is 2. The fourth-order valence-electron chi connectivity index (χ4n) is 1.61. The monoisotopic (exact) mass is 319 g/mol. The summed E-state index contributed by atoms with van der Waals surface area (Å²) in [6.45, 7) is 0.464. The van der Waals surface area contributed by atoms with Gasteiger partial charge in [-0.25, -0.2) is 4.98 Å². The standard InChI is InChI=1S/C14H14BrN3O/c1-16-13-8-4-7-12(18-13)14(19)17-9-10-5-2-3-6-11(10)15/h2-8H,9H2,1H3,(H,16,18)(H,17,19). The molecule has 2 N–H and O–H groups in total. The molecule has 0 fully saturated rings. The van der Waals surface area contributed by atoms with Crippen LogP contribution in [-0.2, 0) is 6.54 Å². The second kappa shape index (κ2) is 6.33. The Hall–Kier alpha value is -1.88. The predicted octanol–water partition coefficient (Wildman–Crippen LogP) is 2.82. The van der Waals surface area contributed by atoms with Crippen molar-refractivity contribution in [2.75, 3.05) is 12.4 Å². The van der Waals surface area contributed by atoms with E-state index in [0.29, 0.717) is 18.1 Å². The molecule has 0 radical (unpaired) electrons. The van der Waals surface area contributed by atoms with Gasteiger partial charge in [0, 0.05) is 18.1 Å². The third-order valence-electron chi connectivity index (χ3n) is 2.64. The van der Waals surface area contributed by atoms with Crippen molar-refractivity contribution >= 4 is 27.7 Å². The van der Waals surface area contributed by atoms with Gasteiger partial charge in [-0.1, -0.05) is 40.2 Å². The molecule has 0 spiro atoms. The van der Waals surface area contributed by atoms with Crippen LogP contribution in [0.1, 0.15) is 16.1 Å². The number of hydrogen-bond acceptors (Lipinski definition) is 3. The van der Waals surface area contributed by atoms with Crippen LogP contribution in [0.5, 0.6) is 0 Å². The summed E-state index contributed by atoms with van der Waals surface area (Å²) in [5.41, 5.74) is 1.43. The summed E-state index contributed by atoms with van der Waals surface area (Å²) in [4.78, 5) is 16.2. The first kappa shape index (κ1) is 13.5. The molecule has 0 aliphatic rings. The Kier molecular flexibility index (Phi) is 4.52. The number of pyridine rings is 1. The summed E-state index contributed by atoms with van der Waals surface area (Å²) in [6, 6.07) is 13.1. The minimum Gasteiger partial charge on any atom is -0.373 e. The first-order chi connectivity index (χ1) is 9.20. The molecule has 1 amide bonds. The summed E-state index contributed by atoms with van der Waals surface area (Å²) in [5.74, 6) is 0.487. The van der Waals surface area contributed by atoms with Crippen molar-refractivity contribution in [2.24, 2.45) is 0 Å². The summed E-state index contributed by atoms with van der Waals surface area (Å²) < 4.78 is 0.979. The van der Waals surface area contributed by atoms with Crippen molar-refractivity contribution in [3.8, 4) is 0 Å². The molecule has 0 aliphatic carbocycles. The van der Waals surface area contributed by atoms with Crippen molar-refractivity contribution in [3.63, 3.8) is 0 Å². The van der Waals surface area contributed by atoms with E-state index in [1.165, 1.54) is 0 Å². The minimum atomic E-state index is -0.187. The quantitative estimate of drug-likeness (QED) is 0.911. The van der Waals surface area contributed by atoms with Crippen molar-refractivity contribution in [3.05, 3.63) is 58.2 Å². The molecule has 0 unspecified atom stereocenters. The molecule has 4 nitrogen and oxygen atoms in total. The number of anilines is 1. The molecule has 19 heavy (non-hydrogen) atoms. The van der Waals surface area contributed by atoms with E-state index in [2.05, 4.69) is 31.5 Å². The van der Waals surface area contributed by atoms with Crippen LogP contribution in [0, 0.1) is 0 Å². The fourth-order valence-corrected chi connectivity index (χ4v) is 2.03. The molecule has 1 heterocycles. The molecule has 0 saturated carbocycles. The zero-order chi connectivity index (χ0) is 13.7. The number of carbonyl (C=O) groups is 1. The van der Waals surface area contributed by atoms with Crippen molar-refractivity contribution in [1.82, 2.24) is 10.3 Å². The number of halogens is 1. The number of amides is 1. The highest BCUT2D eigenvalue weighted by atomic mass is 79.9. The Morgan fingerprint density at radius 2 is 2.00 bits per heavy atom. The first-order valence-corrected chi connectivity index (χ1v) is 6.66. The van der Waals surface area contributed by atoms with Crippen LogP contribution < -0.4 is 10.6 Å². The highest BCUT2D eigenvalue weighted by Gasteiger charge is 2.08. The number of carbonyl (C=O) groups excluding carboxylic acids is 1. The first-order valence-electron chi connectivity index (χ1n) is 5.87. The van der Waals surface area contributed by atoms with Crippen LogP contribution in [0.25, 0.3) is 0 Å². The van der Waals surface area contributed by atoms with Gasteiger partial charge < -0.3 is 10.6 Å². The van der Waals surface area contributed by atoms with Gasteiger partial charge in [0.2, 0.25) is 0 Å². The lowest BCUT2D eigenvalue weighted by Crippen LogP contribution is -2.24. The van der Waals surface area contributed by atoms with Crippen molar-refractivity contribution in [2.45, 2.75) is 6.54 Å². The van der Waals surface area contributed by atoms with E-state index in [9.17, 15) is 4.79 Å². The van der Waals surface area contributed by atoms with E-state index in [0.717, 1.165) is 10.0 Å². The highest BCUT2D eigenvalue weighted by Crippen LogP contribution is 2.15. The molecule has 0 saturated heterocycles. The Morgan fingerprint density at radius 3 is 2.74 bits per heavy atom. The number of nitrogens with zero attached hydrogens (tertiary/aromatic N) is 1. The smallest absolute Gasteiger partial charge is 0.270 e. The molecule has 0 atom stereocenters. The van der Waals surface area contributed by atoms with Crippen LogP contribution in [0.3, 0.4) is 0 Å². The maximum atomic E-state index is 12.0. The largest absolute Gasteiger partial charge is 0.373 e. The maximum Gasteiger partial charge on any atom is 0.270 e. The Labute approximate surface area is 120 Å². The lowest BCUT2D eigenvalue weighted by Gasteiger charge is -2.07. The molecule has 2 aromatic rings. The molecular formula is C14H14BrN3O. The minimum absolute atomic E-state index is 0.187. The SMILES string of the molecule is CNc1cccc(C(=O)NCc2ccccc2Br)n1. The van der Waals surface area contributed by atoms with Crippen molar-refractivity contribution < 1.29 is 4.79 Å². The molecule has 5 heteroatoms. The van der Waals surface area contributed by atoms with Gasteiger partial charge in [0.15, 0.2) is 0 Å². The molecule has 0 aliphatic heterocycles. The summed E-state index contributed by atoms with van der Waals surface area (Å²) >= 11 is 3.45.